The normalized spacial score (nSPS) is 31.9. The lowest BCUT2D eigenvalue weighted by atomic mass is 9.95. The van der Waals surface area contributed by atoms with Gasteiger partial charge in [0, 0.05) is 0 Å². The first-order valence-electron chi connectivity index (χ1n) is 23.2. The highest BCUT2D eigenvalue weighted by Gasteiger charge is 2.55. The van der Waals surface area contributed by atoms with Crippen molar-refractivity contribution in [2.45, 2.75) is 132 Å². The Morgan fingerprint density at radius 1 is 0.441 bits per heavy atom. The molecule has 0 unspecified atom stereocenters. The van der Waals surface area contributed by atoms with Crippen LogP contribution in [0.4, 0.5) is 0 Å². The molecule has 15 nitrogen and oxygen atoms in total. The van der Waals surface area contributed by atoms with E-state index in [0.29, 0.717) is 0 Å². The van der Waals surface area contributed by atoms with E-state index in [4.69, 9.17) is 53.1 Å². The number of ether oxygens (including phenoxy) is 10. The van der Waals surface area contributed by atoms with Gasteiger partial charge in [0.1, 0.15) is 61.0 Å². The molecule has 364 valence electrons. The van der Waals surface area contributed by atoms with Crippen molar-refractivity contribution in [3.05, 3.63) is 179 Å². The van der Waals surface area contributed by atoms with Crippen LogP contribution in [-0.4, -0.2) is 126 Å². The summed E-state index contributed by atoms with van der Waals surface area (Å²) in [5, 5.41) is 43.4. The van der Waals surface area contributed by atoms with Crippen LogP contribution >= 0.6 is 0 Å². The molecule has 0 aromatic heterocycles. The molecule has 0 radical (unpaired) electrons. The Hall–Kier alpha value is -4.50. The van der Waals surface area contributed by atoms with Crippen molar-refractivity contribution in [3.63, 3.8) is 0 Å². The summed E-state index contributed by atoms with van der Waals surface area (Å²) in [6.07, 6.45) is -16.4. The molecule has 3 heterocycles. The fourth-order valence-electron chi connectivity index (χ4n) is 8.68. The zero-order valence-electron chi connectivity index (χ0n) is 38.0. The van der Waals surface area contributed by atoms with E-state index in [1.165, 1.54) is 0 Å². The summed E-state index contributed by atoms with van der Waals surface area (Å²) in [5.41, 5.74) is 11.0. The molecular formula is C53H63NO14. The van der Waals surface area contributed by atoms with Gasteiger partial charge in [-0.15, -0.1) is 0 Å². The number of hydrogen-bond donors (Lipinski definition) is 5. The average molecular weight is 938 g/mol. The van der Waals surface area contributed by atoms with E-state index in [1.807, 2.05) is 152 Å². The molecule has 68 heavy (non-hydrogen) atoms. The van der Waals surface area contributed by atoms with E-state index >= 15 is 0 Å². The van der Waals surface area contributed by atoms with Crippen molar-refractivity contribution in [1.82, 2.24) is 0 Å². The molecule has 5 aromatic rings. The first-order chi connectivity index (χ1) is 33.2. The maximum atomic E-state index is 11.8. The van der Waals surface area contributed by atoms with E-state index < -0.39 is 98.7 Å². The number of aliphatic hydroxyl groups excluding tert-OH is 4. The highest BCUT2D eigenvalue weighted by molar-refractivity contribution is 5.17. The number of hydrogen-bond acceptors (Lipinski definition) is 15. The highest BCUT2D eigenvalue weighted by Crippen LogP contribution is 2.37. The van der Waals surface area contributed by atoms with Gasteiger partial charge in [0.15, 0.2) is 18.9 Å². The second-order valence-electron chi connectivity index (χ2n) is 17.3. The lowest BCUT2D eigenvalue weighted by Gasteiger charge is -2.50. The molecule has 6 N–H and O–H groups in total. The van der Waals surface area contributed by atoms with Crippen LogP contribution in [0.5, 0.6) is 0 Å². The molecule has 0 aliphatic carbocycles. The van der Waals surface area contributed by atoms with Gasteiger partial charge in [-0.1, -0.05) is 152 Å². The van der Waals surface area contributed by atoms with Crippen LogP contribution in [0.1, 0.15) is 34.7 Å². The summed E-state index contributed by atoms with van der Waals surface area (Å²) in [6, 6.07) is 47.3. The van der Waals surface area contributed by atoms with Gasteiger partial charge in [0.05, 0.1) is 58.4 Å². The Morgan fingerprint density at radius 3 is 1.34 bits per heavy atom. The summed E-state index contributed by atoms with van der Waals surface area (Å²) in [4.78, 5) is 0. The van der Waals surface area contributed by atoms with E-state index in [1.54, 1.807) is 6.92 Å². The van der Waals surface area contributed by atoms with Gasteiger partial charge in [-0.2, -0.15) is 0 Å². The summed E-state index contributed by atoms with van der Waals surface area (Å²) < 4.78 is 66.4. The van der Waals surface area contributed by atoms with E-state index in [2.05, 4.69) is 0 Å². The smallest absolute Gasteiger partial charge is 0.187 e. The van der Waals surface area contributed by atoms with Gasteiger partial charge in [0.25, 0.3) is 0 Å². The molecule has 0 spiro atoms. The second kappa shape index (κ2) is 24.9. The Balaban J connectivity index is 1.18. The number of benzene rings is 5. The minimum atomic E-state index is -1.65. The first kappa shape index (κ1) is 49.9. The van der Waals surface area contributed by atoms with Crippen molar-refractivity contribution in [2.75, 3.05) is 13.2 Å². The minimum Gasteiger partial charge on any atom is -0.394 e. The molecule has 15 atom stereocenters. The summed E-state index contributed by atoms with van der Waals surface area (Å²) in [7, 11) is 0. The fourth-order valence-corrected chi connectivity index (χ4v) is 8.68. The Labute approximate surface area is 397 Å². The summed E-state index contributed by atoms with van der Waals surface area (Å²) in [6.45, 7) is 2.12. The third-order valence-electron chi connectivity index (χ3n) is 12.4. The maximum Gasteiger partial charge on any atom is 0.187 e. The fraction of sp³-hybridized carbons (Fsp3) is 0.434. The Morgan fingerprint density at radius 2 is 0.853 bits per heavy atom. The van der Waals surface area contributed by atoms with E-state index in [9.17, 15) is 20.4 Å². The van der Waals surface area contributed by atoms with Crippen LogP contribution in [0, 0.1) is 0 Å². The topological polar surface area (TPSA) is 199 Å². The van der Waals surface area contributed by atoms with Crippen molar-refractivity contribution in [1.29, 1.82) is 0 Å². The number of aliphatic hydroxyl groups is 4. The van der Waals surface area contributed by atoms with Crippen molar-refractivity contribution < 1.29 is 67.8 Å². The van der Waals surface area contributed by atoms with Crippen molar-refractivity contribution in [3.8, 4) is 0 Å². The second-order valence-corrected chi connectivity index (χ2v) is 17.3. The molecule has 0 bridgehead atoms. The molecule has 5 aromatic carbocycles. The SMILES string of the molecule is C[C@@H]1O[C@@H](O)[C@H](O[C@@H]2O[C@H](CO)[C@@H](O)[C@H](O)[C@H]2N)[C@H](O[C@H]2O[C@H](COCc3ccccc3)[C@@H](OCc3ccccc3)[C@H](OCc3ccccc3)[C@H]2OCc2ccccc2)[C@H]1OCc1ccccc1. The molecule has 0 amide bonds. The third-order valence-corrected chi connectivity index (χ3v) is 12.4. The third kappa shape index (κ3) is 13.0. The van der Waals surface area contributed by atoms with Crippen LogP contribution in [0.2, 0.25) is 0 Å². The molecular weight excluding hydrogens is 875 g/mol. The Bertz CT molecular complexity index is 2180. The van der Waals surface area contributed by atoms with Crippen molar-refractivity contribution >= 4 is 0 Å². The molecule has 15 heteroatoms. The lowest BCUT2D eigenvalue weighted by molar-refractivity contribution is -0.387. The number of nitrogens with two attached hydrogens (primary N) is 1. The molecule has 3 fully saturated rings. The van der Waals surface area contributed by atoms with Gasteiger partial charge in [-0.3, -0.25) is 0 Å². The van der Waals surface area contributed by atoms with Gasteiger partial charge in [-0.25, -0.2) is 0 Å². The van der Waals surface area contributed by atoms with E-state index in [0.717, 1.165) is 27.8 Å². The van der Waals surface area contributed by atoms with Crippen LogP contribution < -0.4 is 5.73 Å². The summed E-state index contributed by atoms with van der Waals surface area (Å²) in [5.74, 6) is 0. The summed E-state index contributed by atoms with van der Waals surface area (Å²) >= 11 is 0. The molecule has 3 saturated heterocycles. The molecule has 0 saturated carbocycles. The molecule has 3 aliphatic rings. The van der Waals surface area contributed by atoms with Crippen LogP contribution in [-0.2, 0) is 80.4 Å². The lowest BCUT2D eigenvalue weighted by Crippen LogP contribution is -2.68. The zero-order valence-corrected chi connectivity index (χ0v) is 38.0. The maximum absolute atomic E-state index is 11.8. The van der Waals surface area contributed by atoms with Crippen LogP contribution in [0.15, 0.2) is 152 Å². The molecule has 3 aliphatic heterocycles. The van der Waals surface area contributed by atoms with Crippen LogP contribution in [0.25, 0.3) is 0 Å². The van der Waals surface area contributed by atoms with Gasteiger partial charge < -0.3 is 73.5 Å². The van der Waals surface area contributed by atoms with Gasteiger partial charge >= 0.3 is 0 Å². The largest absolute Gasteiger partial charge is 0.394 e. The van der Waals surface area contributed by atoms with Gasteiger partial charge in [-0.05, 0) is 34.7 Å². The average Bonchev–Trinajstić information content (AvgIpc) is 3.37. The predicted molar refractivity (Wildman–Crippen MR) is 247 cm³/mol. The molecule has 8 rings (SSSR count). The first-order valence-corrected chi connectivity index (χ1v) is 23.2. The van der Waals surface area contributed by atoms with Gasteiger partial charge in [0.2, 0.25) is 0 Å². The predicted octanol–water partition coefficient (Wildman–Crippen LogP) is 4.54. The number of rotatable bonds is 21. The van der Waals surface area contributed by atoms with Crippen molar-refractivity contribution in [2.24, 2.45) is 5.73 Å². The quantitative estimate of drug-likeness (QED) is 0.0687. The minimum absolute atomic E-state index is 0.0546. The Kier molecular flexibility index (Phi) is 18.3. The van der Waals surface area contributed by atoms with Crippen LogP contribution in [0.3, 0.4) is 0 Å². The highest BCUT2D eigenvalue weighted by atomic mass is 16.8. The standard InChI is InChI=1S/C53H63NO14/c1-34-45(60-29-36-19-9-3-10-20-36)48(49(51(58)64-34)68-52-42(54)44(57)43(56)40(27-55)65-52)67-53-50(63-32-39-25-15-6-16-26-39)47(62-31-38-23-13-5-14-24-38)46(61-30-37-21-11-4-12-22-37)41(66-53)33-59-28-35-17-7-2-8-18-35/h2-26,34,40-53,55-58H,27-33,54H2,1H3/t34-,40+,41+,42+,43+,44+,45-,46+,47-,48+,49+,50+,51+,52-,53+/m0/s1. The monoisotopic (exact) mass is 937 g/mol. The van der Waals surface area contributed by atoms with E-state index in [-0.39, 0.29) is 39.6 Å². The zero-order chi connectivity index (χ0) is 47.2.